The molecule has 3 unspecified atom stereocenters. The summed E-state index contributed by atoms with van der Waals surface area (Å²) in [5, 5.41) is 9.52. The number of anilines is 1. The molecule has 1 saturated heterocycles. The smallest absolute Gasteiger partial charge is 0.349 e. The lowest BCUT2D eigenvalue weighted by Gasteiger charge is -2.51. The highest BCUT2D eigenvalue weighted by Gasteiger charge is 2.40. The number of piperazine rings is 1. The van der Waals surface area contributed by atoms with Crippen molar-refractivity contribution in [3.05, 3.63) is 57.9 Å². The maximum atomic E-state index is 15.4. The molecule has 0 amide bonds. The van der Waals surface area contributed by atoms with E-state index in [1.807, 2.05) is 19.1 Å². The van der Waals surface area contributed by atoms with Crippen LogP contribution in [0.4, 0.5) is 10.2 Å². The molecule has 0 bridgehead atoms. The molecule has 1 aliphatic rings. The Kier molecular flexibility index (Phi) is 8.86. The van der Waals surface area contributed by atoms with Crippen LogP contribution in [0.5, 0.6) is 5.75 Å². The van der Waals surface area contributed by atoms with Crippen molar-refractivity contribution >= 4 is 16.9 Å². The third-order valence-electron chi connectivity index (χ3n) is 8.20. The number of hydrogen-bond acceptors (Lipinski definition) is 7. The van der Waals surface area contributed by atoms with Crippen molar-refractivity contribution in [2.24, 2.45) is 13.0 Å². The summed E-state index contributed by atoms with van der Waals surface area (Å²) in [7, 11) is 1.67. The van der Waals surface area contributed by atoms with Gasteiger partial charge in [0.25, 0.3) is 0 Å². The van der Waals surface area contributed by atoms with Crippen molar-refractivity contribution in [1.82, 2.24) is 19.4 Å². The van der Waals surface area contributed by atoms with Crippen molar-refractivity contribution in [3.8, 4) is 11.8 Å². The van der Waals surface area contributed by atoms with E-state index in [1.165, 1.54) is 10.6 Å². The molecule has 0 spiro atoms. The number of nitrogens with zero attached hydrogens (tertiary/aromatic N) is 6. The van der Waals surface area contributed by atoms with Gasteiger partial charge < -0.3 is 9.64 Å². The normalized spacial score (nSPS) is 19.6. The molecule has 4 atom stereocenters. The van der Waals surface area contributed by atoms with Crippen LogP contribution >= 0.6 is 0 Å². The van der Waals surface area contributed by atoms with E-state index in [4.69, 9.17) is 4.74 Å². The lowest BCUT2D eigenvalue weighted by Crippen LogP contribution is -2.61. The van der Waals surface area contributed by atoms with Gasteiger partial charge in [0.15, 0.2) is 5.82 Å². The molecular formula is C30H39FN6O2. The molecule has 1 fully saturated rings. The molecule has 0 radical (unpaired) electrons. The molecular weight excluding hydrogens is 495 g/mol. The number of fused-ring (bicyclic) bond motifs is 1. The third kappa shape index (κ3) is 5.48. The molecule has 3 heterocycles. The van der Waals surface area contributed by atoms with Crippen molar-refractivity contribution in [2.75, 3.05) is 24.6 Å². The van der Waals surface area contributed by atoms with E-state index in [2.05, 4.69) is 53.5 Å². The standard InChI is InChI=1S/C30H39FN6O2/c1-7-19(5)27-18-36(25(9-3)23-13-12-22(39-10-4)15-24(23)31)21(8-2)17-37(27)29-28-26(35(6)30(38)34-29)14-11-20(16-32)33-28/h11-15,19,21,25,27H,7-10,17-18H2,1-6H3/t19?,21-,25?,27?/m1/s1. The first-order valence-corrected chi connectivity index (χ1v) is 14.0. The average Bonchev–Trinajstić information content (AvgIpc) is 2.95. The SMILES string of the molecule is CCOc1ccc(C(CC)N2CC(C(C)CC)N(c3nc(=O)n(C)c4ccc(C#N)nc34)C[C@H]2CC)c(F)c1. The average molecular weight is 535 g/mol. The van der Waals surface area contributed by atoms with E-state index in [1.54, 1.807) is 19.2 Å². The predicted molar refractivity (Wildman–Crippen MR) is 151 cm³/mol. The van der Waals surface area contributed by atoms with Gasteiger partial charge in [-0.25, -0.2) is 14.2 Å². The molecule has 1 aliphatic heterocycles. The number of hydrogen-bond donors (Lipinski definition) is 0. The Hall–Kier alpha value is -3.51. The largest absolute Gasteiger partial charge is 0.494 e. The van der Waals surface area contributed by atoms with Crippen LogP contribution in [0.15, 0.2) is 35.1 Å². The van der Waals surface area contributed by atoms with Crippen molar-refractivity contribution in [3.63, 3.8) is 0 Å². The Morgan fingerprint density at radius 2 is 1.90 bits per heavy atom. The summed E-state index contributed by atoms with van der Waals surface area (Å²) in [6.07, 6.45) is 2.53. The van der Waals surface area contributed by atoms with E-state index in [0.29, 0.717) is 47.9 Å². The zero-order valence-electron chi connectivity index (χ0n) is 23.8. The van der Waals surface area contributed by atoms with Crippen LogP contribution in [0.25, 0.3) is 11.0 Å². The number of ether oxygens (including phenoxy) is 1. The summed E-state index contributed by atoms with van der Waals surface area (Å²) < 4.78 is 22.4. The van der Waals surface area contributed by atoms with E-state index < -0.39 is 0 Å². The first-order valence-electron chi connectivity index (χ1n) is 14.0. The molecule has 1 aromatic carbocycles. The number of pyridine rings is 1. The quantitative estimate of drug-likeness (QED) is 0.373. The Labute approximate surface area is 230 Å². The van der Waals surface area contributed by atoms with Gasteiger partial charge in [-0.3, -0.25) is 9.47 Å². The Morgan fingerprint density at radius 3 is 2.51 bits per heavy atom. The maximum absolute atomic E-state index is 15.4. The minimum absolute atomic E-state index is 0.0213. The maximum Gasteiger partial charge on any atom is 0.349 e. The molecule has 208 valence electrons. The fourth-order valence-electron chi connectivity index (χ4n) is 5.82. The van der Waals surface area contributed by atoms with Gasteiger partial charge in [0, 0.05) is 49.9 Å². The second-order valence-electron chi connectivity index (χ2n) is 10.4. The highest BCUT2D eigenvalue weighted by atomic mass is 19.1. The molecule has 0 aliphatic carbocycles. The summed E-state index contributed by atoms with van der Waals surface area (Å²) in [6, 6.07) is 10.7. The molecule has 2 aromatic heterocycles. The van der Waals surface area contributed by atoms with E-state index in [0.717, 1.165) is 19.3 Å². The number of benzene rings is 1. The van der Waals surface area contributed by atoms with Crippen LogP contribution in [0, 0.1) is 23.1 Å². The van der Waals surface area contributed by atoms with Gasteiger partial charge in [-0.2, -0.15) is 10.2 Å². The van der Waals surface area contributed by atoms with Gasteiger partial charge in [0.05, 0.1) is 12.1 Å². The Balaban J connectivity index is 1.80. The summed E-state index contributed by atoms with van der Waals surface area (Å²) in [4.78, 5) is 26.7. The Bertz CT molecular complexity index is 1420. The first-order chi connectivity index (χ1) is 18.8. The van der Waals surface area contributed by atoms with Crippen LogP contribution in [0.2, 0.25) is 0 Å². The summed E-state index contributed by atoms with van der Waals surface area (Å²) in [5.74, 6) is 1.08. The first kappa shape index (κ1) is 28.5. The van der Waals surface area contributed by atoms with E-state index in [9.17, 15) is 10.1 Å². The van der Waals surface area contributed by atoms with Crippen LogP contribution in [-0.2, 0) is 7.05 Å². The molecule has 0 N–H and O–H groups in total. The third-order valence-corrected chi connectivity index (χ3v) is 8.20. The lowest BCUT2D eigenvalue weighted by molar-refractivity contribution is 0.0760. The molecule has 39 heavy (non-hydrogen) atoms. The highest BCUT2D eigenvalue weighted by Crippen LogP contribution is 2.37. The van der Waals surface area contributed by atoms with Crippen molar-refractivity contribution in [2.45, 2.75) is 72.0 Å². The number of halogens is 1. The molecule has 8 nitrogen and oxygen atoms in total. The number of aromatic nitrogens is 3. The lowest BCUT2D eigenvalue weighted by atomic mass is 9.89. The van der Waals surface area contributed by atoms with Crippen molar-refractivity contribution < 1.29 is 9.13 Å². The van der Waals surface area contributed by atoms with Crippen LogP contribution in [0.1, 0.15) is 71.2 Å². The molecule has 9 heteroatoms. The molecule has 3 aromatic rings. The molecule has 0 saturated carbocycles. The van der Waals surface area contributed by atoms with Crippen LogP contribution < -0.4 is 15.3 Å². The second-order valence-corrected chi connectivity index (χ2v) is 10.4. The monoisotopic (exact) mass is 534 g/mol. The summed E-state index contributed by atoms with van der Waals surface area (Å²) in [6.45, 7) is 12.3. The van der Waals surface area contributed by atoms with E-state index >= 15 is 4.39 Å². The topological polar surface area (TPSA) is 87.3 Å². The zero-order chi connectivity index (χ0) is 28.3. The number of nitriles is 1. The molecule has 4 rings (SSSR count). The second kappa shape index (κ2) is 12.1. The minimum atomic E-state index is -0.356. The minimum Gasteiger partial charge on any atom is -0.494 e. The number of aryl methyl sites for hydroxylation is 1. The predicted octanol–water partition coefficient (Wildman–Crippen LogP) is 5.20. The van der Waals surface area contributed by atoms with E-state index in [-0.39, 0.29) is 41.2 Å². The summed E-state index contributed by atoms with van der Waals surface area (Å²) in [5.41, 5.74) is 1.80. The van der Waals surface area contributed by atoms with Gasteiger partial charge >= 0.3 is 5.69 Å². The fourth-order valence-corrected chi connectivity index (χ4v) is 5.82. The van der Waals surface area contributed by atoms with Gasteiger partial charge in [0.2, 0.25) is 0 Å². The van der Waals surface area contributed by atoms with Gasteiger partial charge in [0.1, 0.15) is 28.8 Å². The summed E-state index contributed by atoms with van der Waals surface area (Å²) >= 11 is 0. The highest BCUT2D eigenvalue weighted by molar-refractivity contribution is 5.86. The zero-order valence-corrected chi connectivity index (χ0v) is 23.8. The van der Waals surface area contributed by atoms with Crippen LogP contribution in [0.3, 0.4) is 0 Å². The van der Waals surface area contributed by atoms with Gasteiger partial charge in [-0.15, -0.1) is 0 Å². The van der Waals surface area contributed by atoms with Gasteiger partial charge in [-0.1, -0.05) is 40.2 Å². The number of rotatable bonds is 9. The fraction of sp³-hybridized carbons (Fsp3) is 0.533. The van der Waals surface area contributed by atoms with Crippen molar-refractivity contribution in [1.29, 1.82) is 5.26 Å². The van der Waals surface area contributed by atoms with Gasteiger partial charge in [-0.05, 0) is 43.9 Å². The Morgan fingerprint density at radius 1 is 1.13 bits per heavy atom. The van der Waals surface area contributed by atoms with Crippen LogP contribution in [-0.4, -0.2) is 51.2 Å².